The Balaban J connectivity index is 1.94. The van der Waals surface area contributed by atoms with Gasteiger partial charge in [-0.05, 0) is 26.0 Å². The molecular weight excluding hydrogens is 294 g/mol. The molecule has 6 nitrogen and oxygen atoms in total. The van der Waals surface area contributed by atoms with E-state index >= 15 is 0 Å². The molecule has 2 rings (SSSR count). The predicted octanol–water partition coefficient (Wildman–Crippen LogP) is 0.193. The van der Waals surface area contributed by atoms with Gasteiger partial charge in [0.25, 0.3) is 5.91 Å². The van der Waals surface area contributed by atoms with E-state index in [1.54, 1.807) is 0 Å². The zero-order chi connectivity index (χ0) is 16.8. The van der Waals surface area contributed by atoms with Crippen LogP contribution in [-0.2, 0) is 9.59 Å². The number of carbonyl (C=O) groups excluding carboxylic acids is 2. The van der Waals surface area contributed by atoms with Crippen LogP contribution in [0.2, 0.25) is 0 Å². The summed E-state index contributed by atoms with van der Waals surface area (Å²) < 4.78 is 5.53. The number of hydrogen-bond donors (Lipinski definition) is 3. The standard InChI is InChI=1S/C17H25N3O3/c1-3-23-15-7-5-4-6-14(15)19-17(22)12(2)20-10-8-13(9-11-20)16(18)21/h4-7,12-13H,3,8-11H2,1-2H3,(H2,18,21)(H,19,22)/p+1/t12-/m1/s1. The van der Waals surface area contributed by atoms with Crippen molar-refractivity contribution in [1.82, 2.24) is 0 Å². The number of para-hydroxylation sites is 2. The van der Waals surface area contributed by atoms with Gasteiger partial charge in [-0.2, -0.15) is 0 Å². The van der Waals surface area contributed by atoms with Crippen molar-refractivity contribution in [2.75, 3.05) is 25.0 Å². The lowest BCUT2D eigenvalue weighted by molar-refractivity contribution is -0.919. The number of piperidine rings is 1. The lowest BCUT2D eigenvalue weighted by Crippen LogP contribution is -3.17. The second-order valence-electron chi connectivity index (χ2n) is 5.98. The fourth-order valence-electron chi connectivity index (χ4n) is 2.98. The molecule has 0 aliphatic carbocycles. The third-order valence-corrected chi connectivity index (χ3v) is 4.48. The third-order valence-electron chi connectivity index (χ3n) is 4.48. The van der Waals surface area contributed by atoms with Crippen LogP contribution in [0.5, 0.6) is 5.75 Å². The summed E-state index contributed by atoms with van der Waals surface area (Å²) in [5, 5.41) is 2.95. The molecule has 1 heterocycles. The van der Waals surface area contributed by atoms with E-state index in [9.17, 15) is 9.59 Å². The quantitative estimate of drug-likeness (QED) is 0.699. The molecule has 1 aromatic carbocycles. The molecule has 4 N–H and O–H groups in total. The molecule has 1 aliphatic rings. The molecule has 0 radical (unpaired) electrons. The Hall–Kier alpha value is -2.08. The highest BCUT2D eigenvalue weighted by molar-refractivity contribution is 5.94. The van der Waals surface area contributed by atoms with Crippen molar-refractivity contribution in [3.8, 4) is 5.75 Å². The van der Waals surface area contributed by atoms with Crippen LogP contribution in [0.15, 0.2) is 24.3 Å². The second kappa shape index (κ2) is 7.97. The van der Waals surface area contributed by atoms with Gasteiger partial charge < -0.3 is 20.7 Å². The fraction of sp³-hybridized carbons (Fsp3) is 0.529. The smallest absolute Gasteiger partial charge is 0.282 e. The molecule has 0 spiro atoms. The summed E-state index contributed by atoms with van der Waals surface area (Å²) in [5.41, 5.74) is 6.05. The summed E-state index contributed by atoms with van der Waals surface area (Å²) in [6, 6.07) is 7.25. The molecule has 126 valence electrons. The van der Waals surface area contributed by atoms with E-state index in [4.69, 9.17) is 10.5 Å². The highest BCUT2D eigenvalue weighted by atomic mass is 16.5. The molecule has 1 aromatic rings. The number of nitrogens with two attached hydrogens (primary N) is 1. The summed E-state index contributed by atoms with van der Waals surface area (Å²) >= 11 is 0. The maximum Gasteiger partial charge on any atom is 0.282 e. The van der Waals surface area contributed by atoms with Crippen LogP contribution in [0.4, 0.5) is 5.69 Å². The topological polar surface area (TPSA) is 85.9 Å². The number of rotatable bonds is 6. The Morgan fingerprint density at radius 3 is 2.61 bits per heavy atom. The number of quaternary nitrogens is 1. The Labute approximate surface area is 137 Å². The number of amides is 2. The molecule has 0 aromatic heterocycles. The van der Waals surface area contributed by atoms with Crippen LogP contribution in [-0.4, -0.2) is 37.6 Å². The maximum atomic E-state index is 12.5. The van der Waals surface area contributed by atoms with Gasteiger partial charge in [0, 0.05) is 18.8 Å². The van der Waals surface area contributed by atoms with Crippen molar-refractivity contribution in [3.63, 3.8) is 0 Å². The molecule has 2 amide bonds. The van der Waals surface area contributed by atoms with Gasteiger partial charge >= 0.3 is 0 Å². The lowest BCUT2D eigenvalue weighted by atomic mass is 9.95. The van der Waals surface area contributed by atoms with Gasteiger partial charge in [-0.3, -0.25) is 9.59 Å². The first-order chi connectivity index (χ1) is 11.0. The molecule has 1 aliphatic heterocycles. The molecule has 0 unspecified atom stereocenters. The average molecular weight is 320 g/mol. The number of hydrogen-bond acceptors (Lipinski definition) is 3. The molecule has 1 fully saturated rings. The van der Waals surface area contributed by atoms with E-state index in [0.29, 0.717) is 18.0 Å². The monoisotopic (exact) mass is 320 g/mol. The normalized spacial score (nSPS) is 22.2. The first kappa shape index (κ1) is 17.3. The number of anilines is 1. The number of carbonyl (C=O) groups is 2. The molecule has 6 heteroatoms. The fourth-order valence-corrected chi connectivity index (χ4v) is 2.98. The number of ether oxygens (including phenoxy) is 1. The Kier molecular flexibility index (Phi) is 5.98. The van der Waals surface area contributed by atoms with Crippen molar-refractivity contribution in [2.45, 2.75) is 32.7 Å². The van der Waals surface area contributed by atoms with Crippen LogP contribution in [0.25, 0.3) is 0 Å². The minimum Gasteiger partial charge on any atom is -0.492 e. The molecule has 1 saturated heterocycles. The van der Waals surface area contributed by atoms with E-state index in [0.717, 1.165) is 25.9 Å². The van der Waals surface area contributed by atoms with E-state index in [1.807, 2.05) is 38.1 Å². The van der Waals surface area contributed by atoms with E-state index in [-0.39, 0.29) is 23.8 Å². The van der Waals surface area contributed by atoms with Crippen molar-refractivity contribution in [1.29, 1.82) is 0 Å². The van der Waals surface area contributed by atoms with Crippen molar-refractivity contribution in [2.24, 2.45) is 11.7 Å². The summed E-state index contributed by atoms with van der Waals surface area (Å²) in [6.45, 7) is 5.95. The van der Waals surface area contributed by atoms with E-state index in [2.05, 4.69) is 5.32 Å². The maximum absolute atomic E-state index is 12.5. The van der Waals surface area contributed by atoms with Gasteiger partial charge in [-0.15, -0.1) is 0 Å². The summed E-state index contributed by atoms with van der Waals surface area (Å²) in [7, 11) is 0. The molecular formula is C17H26N3O3+. The van der Waals surface area contributed by atoms with Crippen LogP contribution >= 0.6 is 0 Å². The van der Waals surface area contributed by atoms with Gasteiger partial charge in [0.1, 0.15) is 5.75 Å². The molecule has 23 heavy (non-hydrogen) atoms. The number of benzene rings is 1. The number of nitrogens with one attached hydrogen (secondary N) is 2. The van der Waals surface area contributed by atoms with Gasteiger partial charge in [-0.25, -0.2) is 0 Å². The summed E-state index contributed by atoms with van der Waals surface area (Å²) in [6.07, 6.45) is 1.50. The molecule has 0 bridgehead atoms. The molecule has 0 saturated carbocycles. The Morgan fingerprint density at radius 2 is 2.00 bits per heavy atom. The van der Waals surface area contributed by atoms with Crippen LogP contribution < -0.4 is 20.7 Å². The summed E-state index contributed by atoms with van der Waals surface area (Å²) in [5.74, 6) is 0.363. The van der Waals surface area contributed by atoms with Crippen molar-refractivity contribution >= 4 is 17.5 Å². The minimum atomic E-state index is -0.230. The van der Waals surface area contributed by atoms with Crippen molar-refractivity contribution < 1.29 is 19.2 Å². The van der Waals surface area contributed by atoms with Gasteiger partial charge in [0.05, 0.1) is 25.4 Å². The van der Waals surface area contributed by atoms with Gasteiger partial charge in [0.15, 0.2) is 6.04 Å². The largest absolute Gasteiger partial charge is 0.492 e. The average Bonchev–Trinajstić information content (AvgIpc) is 2.56. The lowest BCUT2D eigenvalue weighted by Gasteiger charge is -2.31. The SMILES string of the molecule is CCOc1ccccc1NC(=O)[C@@H](C)[NH+]1CCC(C(N)=O)CC1. The zero-order valence-corrected chi connectivity index (χ0v) is 13.8. The first-order valence-corrected chi connectivity index (χ1v) is 8.19. The second-order valence-corrected chi connectivity index (χ2v) is 5.98. The number of likely N-dealkylation sites (tertiary alicyclic amines) is 1. The zero-order valence-electron chi connectivity index (χ0n) is 13.8. The third kappa shape index (κ3) is 4.45. The predicted molar refractivity (Wildman–Crippen MR) is 88.3 cm³/mol. The Morgan fingerprint density at radius 1 is 1.35 bits per heavy atom. The van der Waals surface area contributed by atoms with E-state index in [1.165, 1.54) is 4.90 Å². The van der Waals surface area contributed by atoms with Crippen LogP contribution in [0.1, 0.15) is 26.7 Å². The van der Waals surface area contributed by atoms with Crippen molar-refractivity contribution in [3.05, 3.63) is 24.3 Å². The van der Waals surface area contributed by atoms with Gasteiger partial charge in [0.2, 0.25) is 5.91 Å². The highest BCUT2D eigenvalue weighted by Crippen LogP contribution is 2.23. The highest BCUT2D eigenvalue weighted by Gasteiger charge is 2.32. The Bertz CT molecular complexity index is 554. The number of primary amides is 1. The van der Waals surface area contributed by atoms with Crippen LogP contribution in [0, 0.1) is 5.92 Å². The van der Waals surface area contributed by atoms with Crippen LogP contribution in [0.3, 0.4) is 0 Å². The van der Waals surface area contributed by atoms with Gasteiger partial charge in [-0.1, -0.05) is 12.1 Å². The summed E-state index contributed by atoms with van der Waals surface area (Å²) in [4.78, 5) is 24.9. The molecule has 1 atom stereocenters. The van der Waals surface area contributed by atoms with E-state index < -0.39 is 0 Å². The minimum absolute atomic E-state index is 0.0373. The first-order valence-electron chi connectivity index (χ1n) is 8.19.